The first kappa shape index (κ1) is 17.5. The van der Waals surface area contributed by atoms with Crippen LogP contribution >= 0.6 is 34.5 Å². The molecule has 9 heteroatoms. The first-order valence-corrected chi connectivity index (χ1v) is 8.49. The molecule has 25 heavy (non-hydrogen) atoms. The minimum atomic E-state index is -0.580. The number of amides is 1. The molecule has 1 amide bonds. The Bertz CT molecular complexity index is 1000. The largest absolute Gasteiger partial charge is 0.490 e. The fourth-order valence-electron chi connectivity index (χ4n) is 2.28. The van der Waals surface area contributed by atoms with Crippen LogP contribution in [0.15, 0.2) is 36.4 Å². The summed E-state index contributed by atoms with van der Waals surface area (Å²) in [5, 5.41) is 15.3. The van der Waals surface area contributed by atoms with Crippen molar-refractivity contribution in [1.82, 2.24) is 0 Å². The number of benzene rings is 2. The van der Waals surface area contributed by atoms with Crippen LogP contribution < -0.4 is 10.1 Å². The molecule has 0 aliphatic heterocycles. The molecule has 128 valence electrons. The van der Waals surface area contributed by atoms with Crippen LogP contribution in [0.1, 0.15) is 9.67 Å². The van der Waals surface area contributed by atoms with E-state index in [4.69, 9.17) is 27.9 Å². The lowest BCUT2D eigenvalue weighted by Crippen LogP contribution is -2.11. The predicted octanol–water partition coefficient (Wildman–Crippen LogP) is 5.38. The van der Waals surface area contributed by atoms with Crippen molar-refractivity contribution in [2.45, 2.75) is 0 Å². The van der Waals surface area contributed by atoms with Gasteiger partial charge in [-0.1, -0.05) is 29.3 Å². The topological polar surface area (TPSA) is 81.5 Å². The summed E-state index contributed by atoms with van der Waals surface area (Å²) in [4.78, 5) is 23.3. The van der Waals surface area contributed by atoms with E-state index in [0.29, 0.717) is 14.9 Å². The molecule has 0 bridgehead atoms. The lowest BCUT2D eigenvalue weighted by atomic mass is 10.2. The van der Waals surface area contributed by atoms with Crippen LogP contribution in [0, 0.1) is 10.1 Å². The van der Waals surface area contributed by atoms with Crippen LogP contribution in [-0.2, 0) is 0 Å². The molecule has 0 atom stereocenters. The second-order valence-corrected chi connectivity index (χ2v) is 6.85. The zero-order chi connectivity index (χ0) is 18.1. The van der Waals surface area contributed by atoms with Gasteiger partial charge in [-0.05, 0) is 24.3 Å². The van der Waals surface area contributed by atoms with Gasteiger partial charge in [-0.25, -0.2) is 0 Å². The van der Waals surface area contributed by atoms with Crippen molar-refractivity contribution in [2.75, 3.05) is 12.4 Å². The van der Waals surface area contributed by atoms with E-state index in [1.54, 1.807) is 18.2 Å². The number of thiophene rings is 1. The Morgan fingerprint density at radius 2 is 2.00 bits per heavy atom. The maximum atomic E-state index is 12.5. The molecule has 3 rings (SSSR count). The lowest BCUT2D eigenvalue weighted by Gasteiger charge is -2.06. The molecule has 1 aromatic heterocycles. The molecular formula is C16H10Cl2N2O4S. The molecule has 0 spiro atoms. The number of methoxy groups -OCH3 is 1. The molecular weight excluding hydrogens is 387 g/mol. The van der Waals surface area contributed by atoms with Crippen molar-refractivity contribution in [1.29, 1.82) is 0 Å². The average molecular weight is 397 g/mol. The average Bonchev–Trinajstić information content (AvgIpc) is 2.90. The molecule has 3 aromatic rings. The summed E-state index contributed by atoms with van der Waals surface area (Å²) in [6, 6.07) is 9.32. The summed E-state index contributed by atoms with van der Waals surface area (Å²) in [7, 11) is 1.34. The summed E-state index contributed by atoms with van der Waals surface area (Å²) in [6.07, 6.45) is 0. The van der Waals surface area contributed by atoms with Crippen molar-refractivity contribution in [3.05, 3.63) is 61.4 Å². The monoisotopic (exact) mass is 396 g/mol. The number of ether oxygens (including phenoxy) is 1. The molecule has 0 aliphatic rings. The Hall–Kier alpha value is -2.35. The number of carbonyl (C=O) groups is 1. The van der Waals surface area contributed by atoms with Gasteiger partial charge >= 0.3 is 5.69 Å². The summed E-state index contributed by atoms with van der Waals surface area (Å²) in [5.74, 6) is -0.348. The third kappa shape index (κ3) is 3.39. The van der Waals surface area contributed by atoms with Crippen LogP contribution in [0.25, 0.3) is 10.1 Å². The lowest BCUT2D eigenvalue weighted by molar-refractivity contribution is -0.385. The number of halogens is 2. The number of fused-ring (bicyclic) bond motifs is 1. The van der Waals surface area contributed by atoms with E-state index < -0.39 is 10.8 Å². The van der Waals surface area contributed by atoms with Crippen LogP contribution in [0.5, 0.6) is 5.75 Å². The maximum absolute atomic E-state index is 12.5. The fraction of sp³-hybridized carbons (Fsp3) is 0.0625. The standard InChI is InChI=1S/C16H10Cl2N2O4S/c1-24-12-5-3-9(7-11(12)20(22)23)19-16(21)15-14(18)10-4-2-8(17)6-13(10)25-15/h2-7H,1H3,(H,19,21). The summed E-state index contributed by atoms with van der Waals surface area (Å²) in [5.41, 5.74) is 0.0265. The van der Waals surface area contributed by atoms with Crippen LogP contribution in [0.4, 0.5) is 11.4 Å². The third-order valence-corrected chi connectivity index (χ3v) is 5.32. The molecule has 1 N–H and O–H groups in total. The Labute approximate surface area is 156 Å². The van der Waals surface area contributed by atoms with Crippen molar-refractivity contribution >= 4 is 61.9 Å². The van der Waals surface area contributed by atoms with Crippen molar-refractivity contribution in [2.24, 2.45) is 0 Å². The van der Waals surface area contributed by atoms with Gasteiger partial charge < -0.3 is 10.1 Å². The Morgan fingerprint density at radius 1 is 1.24 bits per heavy atom. The molecule has 0 radical (unpaired) electrons. The smallest absolute Gasteiger partial charge is 0.312 e. The molecule has 0 saturated heterocycles. The number of hydrogen-bond donors (Lipinski definition) is 1. The Kier molecular flexibility index (Phi) is 4.80. The zero-order valence-electron chi connectivity index (χ0n) is 12.7. The molecule has 2 aromatic carbocycles. The van der Waals surface area contributed by atoms with E-state index in [1.165, 1.54) is 36.6 Å². The predicted molar refractivity (Wildman–Crippen MR) is 99.4 cm³/mol. The highest BCUT2D eigenvalue weighted by molar-refractivity contribution is 7.21. The van der Waals surface area contributed by atoms with E-state index in [-0.39, 0.29) is 17.1 Å². The Balaban J connectivity index is 1.94. The number of anilines is 1. The summed E-state index contributed by atoms with van der Waals surface area (Å²) in [6.45, 7) is 0. The number of rotatable bonds is 4. The van der Waals surface area contributed by atoms with E-state index in [2.05, 4.69) is 5.32 Å². The second kappa shape index (κ2) is 6.87. The normalized spacial score (nSPS) is 10.7. The highest BCUT2D eigenvalue weighted by Crippen LogP contribution is 2.37. The van der Waals surface area contributed by atoms with Gasteiger partial charge in [-0.2, -0.15) is 0 Å². The minimum Gasteiger partial charge on any atom is -0.490 e. The van der Waals surface area contributed by atoms with Crippen molar-refractivity contribution in [3.63, 3.8) is 0 Å². The molecule has 0 aliphatic carbocycles. The number of carbonyl (C=O) groups excluding carboxylic acids is 1. The van der Waals surface area contributed by atoms with Crippen LogP contribution in [0.3, 0.4) is 0 Å². The van der Waals surface area contributed by atoms with Crippen LogP contribution in [-0.4, -0.2) is 17.9 Å². The van der Waals surface area contributed by atoms with Crippen molar-refractivity contribution < 1.29 is 14.5 Å². The third-order valence-electron chi connectivity index (χ3n) is 3.43. The van der Waals surface area contributed by atoms with E-state index >= 15 is 0 Å². The van der Waals surface area contributed by atoms with Gasteiger partial charge in [0, 0.05) is 26.9 Å². The van der Waals surface area contributed by atoms with Crippen LogP contribution in [0.2, 0.25) is 10.0 Å². The quantitative estimate of drug-likeness (QED) is 0.474. The van der Waals surface area contributed by atoms with E-state index in [1.807, 2.05) is 0 Å². The number of nitrogens with zero attached hydrogens (tertiary/aromatic N) is 1. The van der Waals surface area contributed by atoms with Gasteiger partial charge in [0.25, 0.3) is 5.91 Å². The van der Waals surface area contributed by atoms with E-state index in [9.17, 15) is 14.9 Å². The SMILES string of the molecule is COc1ccc(NC(=O)c2sc3cc(Cl)ccc3c2Cl)cc1[N+](=O)[O-]. The van der Waals surface area contributed by atoms with E-state index in [0.717, 1.165) is 10.1 Å². The van der Waals surface area contributed by atoms with Gasteiger partial charge in [-0.15, -0.1) is 11.3 Å². The Morgan fingerprint density at radius 3 is 2.68 bits per heavy atom. The first-order chi connectivity index (χ1) is 11.9. The van der Waals surface area contributed by atoms with Gasteiger partial charge in [0.05, 0.1) is 17.1 Å². The molecule has 0 fully saturated rings. The molecule has 1 heterocycles. The van der Waals surface area contributed by atoms with Gasteiger partial charge in [0.15, 0.2) is 5.75 Å². The highest BCUT2D eigenvalue weighted by Gasteiger charge is 2.20. The minimum absolute atomic E-state index is 0.109. The van der Waals surface area contributed by atoms with Gasteiger partial charge in [0.1, 0.15) is 4.88 Å². The number of nitrogens with one attached hydrogen (secondary N) is 1. The summed E-state index contributed by atoms with van der Waals surface area (Å²) < 4.78 is 5.72. The molecule has 0 saturated carbocycles. The molecule has 0 unspecified atom stereocenters. The summed E-state index contributed by atoms with van der Waals surface area (Å²) >= 11 is 13.4. The number of nitro benzene ring substituents is 1. The molecule has 6 nitrogen and oxygen atoms in total. The number of hydrogen-bond acceptors (Lipinski definition) is 5. The highest BCUT2D eigenvalue weighted by atomic mass is 35.5. The zero-order valence-corrected chi connectivity index (χ0v) is 15.0. The fourth-order valence-corrected chi connectivity index (χ4v) is 3.97. The van der Waals surface area contributed by atoms with Gasteiger partial charge in [0.2, 0.25) is 0 Å². The van der Waals surface area contributed by atoms with Gasteiger partial charge in [-0.3, -0.25) is 14.9 Å². The first-order valence-electron chi connectivity index (χ1n) is 6.92. The number of nitro groups is 1. The van der Waals surface area contributed by atoms with Crippen molar-refractivity contribution in [3.8, 4) is 5.75 Å². The maximum Gasteiger partial charge on any atom is 0.312 e. The second-order valence-electron chi connectivity index (χ2n) is 4.98.